The molecule has 4 aromatic rings. The van der Waals surface area contributed by atoms with E-state index in [2.05, 4.69) is 19.9 Å². The first kappa shape index (κ1) is 20.3. The third-order valence-electron chi connectivity index (χ3n) is 4.13. The fourth-order valence-corrected chi connectivity index (χ4v) is 9.80. The molecule has 0 unspecified atom stereocenters. The summed E-state index contributed by atoms with van der Waals surface area (Å²) in [4.78, 5) is 41.6. The summed E-state index contributed by atoms with van der Waals surface area (Å²) in [5, 5.41) is 0. The van der Waals surface area contributed by atoms with Gasteiger partial charge in [0.25, 0.3) is 0 Å². The number of carbonyl (C=O) groups is 2. The Morgan fingerprint density at radius 2 is 0.933 bits per heavy atom. The van der Waals surface area contributed by atoms with Gasteiger partial charge in [0.15, 0.2) is 0 Å². The van der Waals surface area contributed by atoms with Crippen LogP contribution in [-0.4, -0.2) is 57.8 Å². The molecule has 0 aliphatic carbocycles. The minimum absolute atomic E-state index is 0.0124. The average molecular weight is 524 g/mol. The Bertz CT molecular complexity index is 1090. The SMILES string of the molecule is O=C(c1cncnc1)c1ccccc1[Se][Se]c1ccccc1C(=O)c1cncnc1. The van der Waals surface area contributed by atoms with Crippen molar-refractivity contribution in [2.24, 2.45) is 0 Å². The number of benzene rings is 2. The molecule has 0 aliphatic heterocycles. The van der Waals surface area contributed by atoms with Gasteiger partial charge in [0.05, 0.1) is 0 Å². The Morgan fingerprint density at radius 1 is 0.567 bits per heavy atom. The van der Waals surface area contributed by atoms with Crippen LogP contribution in [0.3, 0.4) is 0 Å². The van der Waals surface area contributed by atoms with Crippen molar-refractivity contribution in [3.8, 4) is 0 Å². The van der Waals surface area contributed by atoms with Crippen LogP contribution in [0.2, 0.25) is 0 Å². The molecule has 0 bridgehead atoms. The first-order chi connectivity index (χ1) is 14.7. The predicted octanol–water partition coefficient (Wildman–Crippen LogP) is 1.00. The number of carbonyl (C=O) groups excluding carboxylic acids is 2. The van der Waals surface area contributed by atoms with Crippen molar-refractivity contribution in [2.45, 2.75) is 0 Å². The summed E-state index contributed by atoms with van der Waals surface area (Å²) in [7, 11) is 0. The van der Waals surface area contributed by atoms with E-state index >= 15 is 0 Å². The molecule has 0 N–H and O–H groups in total. The topological polar surface area (TPSA) is 85.7 Å². The monoisotopic (exact) mass is 526 g/mol. The van der Waals surface area contributed by atoms with Gasteiger partial charge in [-0.1, -0.05) is 0 Å². The number of hydrogen-bond acceptors (Lipinski definition) is 6. The second kappa shape index (κ2) is 9.65. The van der Waals surface area contributed by atoms with Gasteiger partial charge in [0, 0.05) is 0 Å². The Balaban J connectivity index is 1.59. The molecule has 0 saturated heterocycles. The first-order valence-electron chi connectivity index (χ1n) is 8.86. The fraction of sp³-hybridized carbons (Fsp3) is 0. The molecule has 0 amide bonds. The number of aromatic nitrogens is 4. The van der Waals surface area contributed by atoms with E-state index in [0.29, 0.717) is 22.3 Å². The number of rotatable bonds is 7. The van der Waals surface area contributed by atoms with Crippen LogP contribution in [0.15, 0.2) is 86.0 Å². The van der Waals surface area contributed by atoms with Crippen molar-refractivity contribution < 1.29 is 9.59 Å². The molecular weight excluding hydrogens is 510 g/mol. The first-order valence-corrected chi connectivity index (χ1v) is 14.9. The summed E-state index contributed by atoms with van der Waals surface area (Å²) < 4.78 is 2.01. The van der Waals surface area contributed by atoms with Crippen molar-refractivity contribution in [2.75, 3.05) is 0 Å². The summed E-state index contributed by atoms with van der Waals surface area (Å²) in [5.74, 6) is -0.177. The molecule has 0 saturated carbocycles. The van der Waals surface area contributed by atoms with Crippen LogP contribution in [0.25, 0.3) is 0 Å². The quantitative estimate of drug-likeness (QED) is 0.265. The number of ketones is 2. The summed E-state index contributed by atoms with van der Waals surface area (Å²) in [6.07, 6.45) is 8.92. The van der Waals surface area contributed by atoms with Crippen molar-refractivity contribution >= 4 is 46.8 Å². The van der Waals surface area contributed by atoms with E-state index in [0.717, 1.165) is 8.92 Å². The van der Waals surface area contributed by atoms with Crippen molar-refractivity contribution in [3.63, 3.8) is 0 Å². The zero-order valence-corrected chi connectivity index (χ0v) is 18.9. The Labute approximate surface area is 184 Å². The molecule has 2 heterocycles. The second-order valence-corrected chi connectivity index (χ2v) is 12.3. The van der Waals surface area contributed by atoms with Gasteiger partial charge in [0.1, 0.15) is 0 Å². The van der Waals surface area contributed by atoms with Crippen LogP contribution in [0.1, 0.15) is 31.8 Å². The van der Waals surface area contributed by atoms with Crippen LogP contribution in [-0.2, 0) is 0 Å². The third-order valence-corrected chi connectivity index (χ3v) is 11.4. The summed E-state index contributed by atoms with van der Waals surface area (Å²) in [6.45, 7) is 0. The Hall–Kier alpha value is -3.02. The molecule has 0 atom stereocenters. The molecule has 2 aromatic carbocycles. The zero-order chi connectivity index (χ0) is 20.8. The van der Waals surface area contributed by atoms with E-state index in [4.69, 9.17) is 0 Å². The van der Waals surface area contributed by atoms with Crippen molar-refractivity contribution in [1.29, 1.82) is 0 Å². The maximum atomic E-state index is 12.9. The van der Waals surface area contributed by atoms with Gasteiger partial charge in [0.2, 0.25) is 0 Å². The van der Waals surface area contributed by atoms with Gasteiger partial charge in [-0.05, 0) is 0 Å². The van der Waals surface area contributed by atoms with E-state index in [9.17, 15) is 9.59 Å². The summed E-state index contributed by atoms with van der Waals surface area (Å²) in [5.41, 5.74) is 2.25. The molecule has 0 fully saturated rings. The average Bonchev–Trinajstić information content (AvgIpc) is 2.83. The van der Waals surface area contributed by atoms with Crippen molar-refractivity contribution in [1.82, 2.24) is 19.9 Å². The summed E-state index contributed by atoms with van der Waals surface area (Å²) >= 11 is 0.0247. The molecular formula is C22H14N4O2Se2. The maximum absolute atomic E-state index is 12.9. The van der Waals surface area contributed by atoms with Crippen LogP contribution in [0.5, 0.6) is 0 Å². The normalized spacial score (nSPS) is 10.5. The van der Waals surface area contributed by atoms with Gasteiger partial charge < -0.3 is 0 Å². The van der Waals surface area contributed by atoms with E-state index in [-0.39, 0.29) is 37.8 Å². The number of hydrogen-bond donors (Lipinski definition) is 0. The molecule has 0 radical (unpaired) electrons. The van der Waals surface area contributed by atoms with Crippen LogP contribution in [0.4, 0.5) is 0 Å². The molecule has 0 aliphatic rings. The van der Waals surface area contributed by atoms with Gasteiger partial charge in [-0.2, -0.15) is 0 Å². The third kappa shape index (κ3) is 4.58. The molecule has 30 heavy (non-hydrogen) atoms. The van der Waals surface area contributed by atoms with E-state index in [1.54, 1.807) is 0 Å². The van der Waals surface area contributed by atoms with Crippen molar-refractivity contribution in [3.05, 3.63) is 108 Å². The van der Waals surface area contributed by atoms with Crippen LogP contribution in [0, 0.1) is 0 Å². The van der Waals surface area contributed by atoms with Crippen LogP contribution < -0.4 is 8.92 Å². The fourth-order valence-electron chi connectivity index (χ4n) is 2.69. The predicted molar refractivity (Wildman–Crippen MR) is 115 cm³/mol. The van der Waals surface area contributed by atoms with E-state index in [1.807, 2.05) is 48.5 Å². The second-order valence-electron chi connectivity index (χ2n) is 6.07. The van der Waals surface area contributed by atoms with E-state index < -0.39 is 0 Å². The standard InChI is InChI=1S/C22H14N4O2Se2/c27-21(15-9-23-13-24-10-15)17-5-1-3-7-19(17)29-30-20-8-4-2-6-18(20)22(28)16-11-25-14-26-12-16/h1-14H. The van der Waals surface area contributed by atoms with Gasteiger partial charge in [-0.15, -0.1) is 0 Å². The summed E-state index contributed by atoms with van der Waals surface area (Å²) in [6, 6.07) is 15.2. The van der Waals surface area contributed by atoms with Gasteiger partial charge in [-0.25, -0.2) is 0 Å². The number of nitrogens with zero attached hydrogens (tertiary/aromatic N) is 4. The molecule has 146 valence electrons. The van der Waals surface area contributed by atoms with E-state index in [1.165, 1.54) is 37.4 Å². The van der Waals surface area contributed by atoms with Gasteiger partial charge >= 0.3 is 185 Å². The molecule has 8 heteroatoms. The zero-order valence-electron chi connectivity index (χ0n) is 15.5. The Morgan fingerprint density at radius 3 is 1.33 bits per heavy atom. The minimum atomic E-state index is -0.0883. The Kier molecular flexibility index (Phi) is 6.52. The molecule has 4 rings (SSSR count). The molecule has 2 aromatic heterocycles. The van der Waals surface area contributed by atoms with Gasteiger partial charge in [-0.3, -0.25) is 0 Å². The molecule has 0 spiro atoms. The molecule has 6 nitrogen and oxygen atoms in total. The van der Waals surface area contributed by atoms with Crippen LogP contribution >= 0.6 is 0 Å².